The number of halogens is 1. The molecule has 3 aromatic rings. The number of fused-ring (bicyclic) bond motifs is 3. The lowest BCUT2D eigenvalue weighted by Crippen LogP contribution is -2.55. The van der Waals surface area contributed by atoms with Gasteiger partial charge >= 0.3 is 11.3 Å². The van der Waals surface area contributed by atoms with Crippen molar-refractivity contribution in [1.82, 2.24) is 10.1 Å². The highest BCUT2D eigenvalue weighted by Crippen LogP contribution is 2.39. The molecule has 0 radical (unpaired) electrons. The number of nitrogens with one attached hydrogen (secondary N) is 2. The number of benzene rings is 2. The molecule has 3 N–H and O–H groups in total. The van der Waals surface area contributed by atoms with Gasteiger partial charge in [0.2, 0.25) is 5.16 Å². The van der Waals surface area contributed by atoms with Crippen LogP contribution in [0.4, 0.5) is 5.69 Å². The van der Waals surface area contributed by atoms with Crippen molar-refractivity contribution in [2.24, 2.45) is 0 Å². The van der Waals surface area contributed by atoms with E-state index in [0.29, 0.717) is 21.1 Å². The molecule has 0 fully saturated rings. The first-order valence-corrected chi connectivity index (χ1v) is 10.9. The number of phenolic OH excluding ortho intramolecular Hbond substituents is 1. The van der Waals surface area contributed by atoms with Gasteiger partial charge in [-0.2, -0.15) is 0 Å². The lowest BCUT2D eigenvalue weighted by Gasteiger charge is -2.23. The molecule has 150 valence electrons. The smallest absolute Gasteiger partial charge is 0.325 e. The van der Waals surface area contributed by atoms with Gasteiger partial charge in [0, 0.05) is 16.4 Å². The zero-order valence-electron chi connectivity index (χ0n) is 15.9. The zero-order chi connectivity index (χ0) is 20.5. The van der Waals surface area contributed by atoms with E-state index in [1.807, 2.05) is 24.3 Å². The largest absolute Gasteiger partial charge is 0.503 e. The van der Waals surface area contributed by atoms with Crippen LogP contribution < -0.4 is 20.3 Å². The third-order valence-electron chi connectivity index (χ3n) is 4.61. The Kier molecular flexibility index (Phi) is 5.51. The maximum Gasteiger partial charge on any atom is 0.325 e. The van der Waals surface area contributed by atoms with Gasteiger partial charge in [-0.25, -0.2) is 0 Å². The molecule has 0 bridgehead atoms. The predicted molar refractivity (Wildman–Crippen MR) is 116 cm³/mol. The van der Waals surface area contributed by atoms with Crippen LogP contribution in [0.5, 0.6) is 11.5 Å². The Balaban J connectivity index is 1.93. The molecule has 7 nitrogen and oxygen atoms in total. The van der Waals surface area contributed by atoms with Crippen molar-refractivity contribution in [3.63, 3.8) is 0 Å². The minimum Gasteiger partial charge on any atom is -0.503 e. The molecule has 1 atom stereocenters. The van der Waals surface area contributed by atoms with Crippen molar-refractivity contribution in [3.05, 3.63) is 56.8 Å². The molecule has 2 heterocycles. The number of hydrogen-bond acceptors (Lipinski definition) is 6. The SMILES string of the molecule is CCCSc1n[n+]2c(c(=O)[nH]1)-c1ccccc1N[C@H]2c1cc(Br)c(O)c(OC)c1. The van der Waals surface area contributed by atoms with Gasteiger partial charge in [0.1, 0.15) is 0 Å². The van der Waals surface area contributed by atoms with Crippen LogP contribution in [0.3, 0.4) is 0 Å². The number of H-pyrrole nitrogens is 1. The molecule has 0 aliphatic carbocycles. The predicted octanol–water partition coefficient (Wildman–Crippen LogP) is 3.68. The maximum atomic E-state index is 13.0. The highest BCUT2D eigenvalue weighted by Gasteiger charge is 2.38. The quantitative estimate of drug-likeness (QED) is 0.385. The number of para-hydroxylation sites is 1. The van der Waals surface area contributed by atoms with Crippen molar-refractivity contribution >= 4 is 33.4 Å². The molecule has 0 amide bonds. The van der Waals surface area contributed by atoms with Gasteiger partial charge in [-0.05, 0) is 51.3 Å². The molecule has 9 heteroatoms. The second-order valence-electron chi connectivity index (χ2n) is 6.55. The summed E-state index contributed by atoms with van der Waals surface area (Å²) >= 11 is 4.89. The number of nitrogens with zero attached hydrogens (tertiary/aromatic N) is 2. The van der Waals surface area contributed by atoms with E-state index < -0.39 is 6.17 Å². The highest BCUT2D eigenvalue weighted by molar-refractivity contribution is 9.10. The van der Waals surface area contributed by atoms with Crippen molar-refractivity contribution < 1.29 is 14.5 Å². The number of ether oxygens (including phenoxy) is 1. The van der Waals surface area contributed by atoms with Gasteiger partial charge in [-0.3, -0.25) is 9.78 Å². The lowest BCUT2D eigenvalue weighted by atomic mass is 10.0. The Hall–Kier alpha value is -2.52. The number of aromatic nitrogens is 3. The van der Waals surface area contributed by atoms with Crippen molar-refractivity contribution in [2.75, 3.05) is 18.2 Å². The highest BCUT2D eigenvalue weighted by atomic mass is 79.9. The van der Waals surface area contributed by atoms with E-state index in [-0.39, 0.29) is 11.3 Å². The van der Waals surface area contributed by atoms with Crippen LogP contribution in [-0.2, 0) is 0 Å². The summed E-state index contributed by atoms with van der Waals surface area (Å²) in [5, 5.41) is 18.9. The van der Waals surface area contributed by atoms with Crippen LogP contribution in [0.25, 0.3) is 11.3 Å². The van der Waals surface area contributed by atoms with Crippen molar-refractivity contribution in [1.29, 1.82) is 0 Å². The van der Waals surface area contributed by atoms with Gasteiger partial charge in [-0.1, -0.05) is 30.8 Å². The fourth-order valence-electron chi connectivity index (χ4n) is 3.29. The van der Waals surface area contributed by atoms with Crippen LogP contribution in [-0.4, -0.2) is 28.1 Å². The minimum atomic E-state index is -0.450. The maximum absolute atomic E-state index is 13.0. The lowest BCUT2D eigenvalue weighted by molar-refractivity contribution is -0.759. The van der Waals surface area contributed by atoms with Gasteiger partial charge in [0.05, 0.1) is 22.8 Å². The number of phenols is 1. The third-order valence-corrected chi connectivity index (χ3v) is 6.29. The summed E-state index contributed by atoms with van der Waals surface area (Å²) in [6.07, 6.45) is 0.525. The Morgan fingerprint density at radius 2 is 2.14 bits per heavy atom. The second-order valence-corrected chi connectivity index (χ2v) is 8.48. The molecule has 0 saturated carbocycles. The van der Waals surface area contributed by atoms with E-state index in [9.17, 15) is 9.90 Å². The number of hydrogen-bond donors (Lipinski definition) is 3. The Bertz CT molecular complexity index is 1140. The standard InChI is InChI=1S/C20H19BrN4O3S/c1-3-8-29-20-23-19(27)16-12-6-4-5-7-14(12)22-18(25(16)24-20)11-9-13(21)17(26)15(10-11)28-2/h4-7,9-10,18H,3,8H2,1-2H3,(H2,23,24,26,27)/p+1/t18-/m1/s1. The Labute approximate surface area is 180 Å². The van der Waals surface area contributed by atoms with Crippen LogP contribution in [0.1, 0.15) is 25.1 Å². The molecule has 2 aromatic carbocycles. The van der Waals surface area contributed by atoms with E-state index in [1.165, 1.54) is 18.9 Å². The first kappa shape index (κ1) is 19.8. The Morgan fingerprint density at radius 1 is 1.34 bits per heavy atom. The fourth-order valence-corrected chi connectivity index (χ4v) is 4.45. The van der Waals surface area contributed by atoms with E-state index in [4.69, 9.17) is 9.84 Å². The van der Waals surface area contributed by atoms with E-state index >= 15 is 0 Å². The molecular formula is C20H20BrN4O3S+. The van der Waals surface area contributed by atoms with Crippen LogP contribution >= 0.6 is 27.7 Å². The van der Waals surface area contributed by atoms with E-state index in [2.05, 4.69) is 33.2 Å². The number of aromatic hydroxyl groups is 1. The third kappa shape index (κ3) is 3.60. The molecule has 0 saturated heterocycles. The molecule has 1 aromatic heterocycles. The summed E-state index contributed by atoms with van der Waals surface area (Å²) in [7, 11) is 1.50. The van der Waals surface area contributed by atoms with Crippen LogP contribution in [0.2, 0.25) is 0 Å². The number of thioether (sulfide) groups is 1. The first-order valence-electron chi connectivity index (χ1n) is 9.14. The monoisotopic (exact) mass is 475 g/mol. The summed E-state index contributed by atoms with van der Waals surface area (Å²) in [6.45, 7) is 2.08. The molecule has 1 aliphatic heterocycles. The van der Waals surface area contributed by atoms with Gasteiger partial charge in [-0.15, -0.1) is 0 Å². The van der Waals surface area contributed by atoms with E-state index in [0.717, 1.165) is 29.0 Å². The topological polar surface area (TPSA) is 91.1 Å². The molecular weight excluding hydrogens is 456 g/mol. The summed E-state index contributed by atoms with van der Waals surface area (Å²) in [5.41, 5.74) is 2.70. The minimum absolute atomic E-state index is 0.0238. The van der Waals surface area contributed by atoms with Crippen molar-refractivity contribution in [3.8, 4) is 22.8 Å². The number of rotatable bonds is 5. The summed E-state index contributed by atoms with van der Waals surface area (Å²) in [5.74, 6) is 1.22. The summed E-state index contributed by atoms with van der Waals surface area (Å²) in [4.78, 5) is 15.9. The second kappa shape index (κ2) is 8.08. The summed E-state index contributed by atoms with van der Waals surface area (Å²) in [6, 6.07) is 11.2. The number of methoxy groups -OCH3 is 1. The van der Waals surface area contributed by atoms with Crippen molar-refractivity contribution in [2.45, 2.75) is 24.7 Å². The molecule has 0 unspecified atom stereocenters. The average Bonchev–Trinajstić information content (AvgIpc) is 2.73. The van der Waals surface area contributed by atoms with Gasteiger partial charge < -0.3 is 15.2 Å². The summed E-state index contributed by atoms with van der Waals surface area (Å²) < 4.78 is 7.51. The van der Waals surface area contributed by atoms with Crippen LogP contribution in [0.15, 0.2) is 50.8 Å². The molecule has 29 heavy (non-hydrogen) atoms. The van der Waals surface area contributed by atoms with Gasteiger partial charge in [0.15, 0.2) is 11.5 Å². The van der Waals surface area contributed by atoms with E-state index in [1.54, 1.807) is 16.8 Å². The normalized spacial score (nSPS) is 14.7. The Morgan fingerprint density at radius 3 is 2.90 bits per heavy atom. The zero-order valence-corrected chi connectivity index (χ0v) is 18.3. The fraction of sp³-hybridized carbons (Fsp3) is 0.250. The van der Waals surface area contributed by atoms with Crippen LogP contribution in [0, 0.1) is 0 Å². The van der Waals surface area contributed by atoms with Gasteiger partial charge in [0.25, 0.3) is 6.17 Å². The first-order chi connectivity index (χ1) is 14.0. The number of anilines is 1. The average molecular weight is 476 g/mol. The molecule has 0 spiro atoms. The number of aromatic amines is 1. The molecule has 1 aliphatic rings. The molecule has 4 rings (SSSR count).